The molecule has 0 atom stereocenters. The van der Waals surface area contributed by atoms with Crippen LogP contribution in [0.1, 0.15) is 110 Å². The summed E-state index contributed by atoms with van der Waals surface area (Å²) in [7, 11) is 0. The van der Waals surface area contributed by atoms with Gasteiger partial charge in [0.1, 0.15) is 0 Å². The molecule has 0 aliphatic carbocycles. The maximum Gasteiger partial charge on any atom is 0.0555 e. The van der Waals surface area contributed by atoms with Gasteiger partial charge in [-0.25, -0.2) is 0 Å². The van der Waals surface area contributed by atoms with Gasteiger partial charge in [-0.15, -0.1) is 0 Å². The van der Waals surface area contributed by atoms with E-state index in [-0.39, 0.29) is 6.61 Å². The standard InChI is InChI=1S/C21H45NO/c1-3-5-7-11-15-21(16-12-8-6-4-2)17-13-9-10-14-18-22-19-20-23/h21-23H,3-20H2,1-2H3. The van der Waals surface area contributed by atoms with Crippen LogP contribution in [-0.2, 0) is 0 Å². The highest BCUT2D eigenvalue weighted by Crippen LogP contribution is 2.24. The molecule has 0 unspecified atom stereocenters. The minimum atomic E-state index is 0.262. The Balaban J connectivity index is 3.64. The van der Waals surface area contributed by atoms with Gasteiger partial charge < -0.3 is 10.4 Å². The summed E-state index contributed by atoms with van der Waals surface area (Å²) in [6, 6.07) is 0. The van der Waals surface area contributed by atoms with Crippen molar-refractivity contribution in [1.82, 2.24) is 5.32 Å². The van der Waals surface area contributed by atoms with E-state index in [1.54, 1.807) is 0 Å². The molecule has 23 heavy (non-hydrogen) atoms. The zero-order valence-corrected chi connectivity index (χ0v) is 16.3. The number of aliphatic hydroxyl groups excluding tert-OH is 1. The Morgan fingerprint density at radius 3 is 1.57 bits per heavy atom. The fraction of sp³-hybridized carbons (Fsp3) is 1.00. The molecule has 0 amide bonds. The summed E-state index contributed by atoms with van der Waals surface area (Å²) in [4.78, 5) is 0. The van der Waals surface area contributed by atoms with E-state index in [0.717, 1.165) is 19.0 Å². The third-order valence-electron chi connectivity index (χ3n) is 4.94. The molecule has 2 nitrogen and oxygen atoms in total. The van der Waals surface area contributed by atoms with Gasteiger partial charge >= 0.3 is 0 Å². The average molecular weight is 328 g/mol. The summed E-state index contributed by atoms with van der Waals surface area (Å²) in [5, 5.41) is 12.0. The molecule has 0 saturated heterocycles. The summed E-state index contributed by atoms with van der Waals surface area (Å²) < 4.78 is 0. The van der Waals surface area contributed by atoms with E-state index in [1.807, 2.05) is 0 Å². The molecule has 0 bridgehead atoms. The quantitative estimate of drug-likeness (QED) is 0.282. The van der Waals surface area contributed by atoms with Crippen molar-refractivity contribution >= 4 is 0 Å². The van der Waals surface area contributed by atoms with Gasteiger partial charge in [0.25, 0.3) is 0 Å². The highest BCUT2D eigenvalue weighted by molar-refractivity contribution is 4.62. The van der Waals surface area contributed by atoms with Gasteiger partial charge in [0.2, 0.25) is 0 Å². The van der Waals surface area contributed by atoms with Crippen molar-refractivity contribution < 1.29 is 5.11 Å². The van der Waals surface area contributed by atoms with Crippen molar-refractivity contribution in [3.8, 4) is 0 Å². The molecule has 2 N–H and O–H groups in total. The van der Waals surface area contributed by atoms with Crippen molar-refractivity contribution in [3.63, 3.8) is 0 Å². The van der Waals surface area contributed by atoms with Crippen molar-refractivity contribution in [2.75, 3.05) is 19.7 Å². The van der Waals surface area contributed by atoms with E-state index >= 15 is 0 Å². The molecular weight excluding hydrogens is 282 g/mol. The van der Waals surface area contributed by atoms with Gasteiger partial charge in [0.05, 0.1) is 6.61 Å². The number of rotatable bonds is 19. The lowest BCUT2D eigenvalue weighted by atomic mass is 9.89. The van der Waals surface area contributed by atoms with Gasteiger partial charge in [0.15, 0.2) is 0 Å². The predicted molar refractivity (Wildman–Crippen MR) is 104 cm³/mol. The maximum atomic E-state index is 8.71. The third-order valence-corrected chi connectivity index (χ3v) is 4.94. The Bertz CT molecular complexity index is 196. The van der Waals surface area contributed by atoms with Gasteiger partial charge in [-0.2, -0.15) is 0 Å². The molecule has 0 radical (unpaired) electrons. The van der Waals surface area contributed by atoms with Crippen LogP contribution in [0.2, 0.25) is 0 Å². The molecule has 0 aromatic rings. The smallest absolute Gasteiger partial charge is 0.0555 e. The van der Waals surface area contributed by atoms with Crippen molar-refractivity contribution in [2.24, 2.45) is 5.92 Å². The van der Waals surface area contributed by atoms with Gasteiger partial charge in [-0.1, -0.05) is 104 Å². The first kappa shape index (κ1) is 22.9. The second-order valence-electron chi connectivity index (χ2n) is 7.24. The SMILES string of the molecule is CCCCCCC(CCCCCC)CCCCCCNCCO. The zero-order valence-electron chi connectivity index (χ0n) is 16.3. The Kier molecular flexibility index (Phi) is 19.9. The summed E-state index contributed by atoms with van der Waals surface area (Å²) >= 11 is 0. The van der Waals surface area contributed by atoms with Crippen LogP contribution in [0.5, 0.6) is 0 Å². The van der Waals surface area contributed by atoms with Crippen LogP contribution in [0, 0.1) is 5.92 Å². The average Bonchev–Trinajstić information content (AvgIpc) is 2.57. The first-order valence-electron chi connectivity index (χ1n) is 10.7. The highest BCUT2D eigenvalue weighted by atomic mass is 16.3. The fourth-order valence-corrected chi connectivity index (χ4v) is 3.39. The third kappa shape index (κ3) is 18.1. The largest absolute Gasteiger partial charge is 0.395 e. The fourth-order valence-electron chi connectivity index (χ4n) is 3.39. The second-order valence-corrected chi connectivity index (χ2v) is 7.24. The maximum absolute atomic E-state index is 8.71. The molecule has 140 valence electrons. The topological polar surface area (TPSA) is 32.3 Å². The van der Waals surface area contributed by atoms with Crippen LogP contribution in [0.4, 0.5) is 0 Å². The number of nitrogens with one attached hydrogen (secondary N) is 1. The molecule has 0 aromatic heterocycles. The van der Waals surface area contributed by atoms with Gasteiger partial charge in [0, 0.05) is 6.54 Å². The minimum Gasteiger partial charge on any atom is -0.395 e. The molecule has 0 heterocycles. The first-order valence-corrected chi connectivity index (χ1v) is 10.7. The molecule has 0 saturated carbocycles. The molecular formula is C21H45NO. The number of unbranched alkanes of at least 4 members (excludes halogenated alkanes) is 9. The van der Waals surface area contributed by atoms with Crippen LogP contribution < -0.4 is 5.32 Å². The van der Waals surface area contributed by atoms with Crippen LogP contribution in [0.15, 0.2) is 0 Å². The summed E-state index contributed by atoms with van der Waals surface area (Å²) in [6.07, 6.45) is 21.2. The molecule has 0 fully saturated rings. The number of aliphatic hydroxyl groups is 1. The first-order chi connectivity index (χ1) is 11.3. The van der Waals surface area contributed by atoms with Crippen LogP contribution in [0.3, 0.4) is 0 Å². The van der Waals surface area contributed by atoms with Gasteiger partial charge in [-0.05, 0) is 18.9 Å². The Hall–Kier alpha value is -0.0800. The van der Waals surface area contributed by atoms with Gasteiger partial charge in [-0.3, -0.25) is 0 Å². The molecule has 0 aliphatic rings. The van der Waals surface area contributed by atoms with E-state index in [0.29, 0.717) is 0 Å². The summed E-state index contributed by atoms with van der Waals surface area (Å²) in [5.41, 5.74) is 0. The lowest BCUT2D eigenvalue weighted by molar-refractivity contribution is 0.292. The Labute approximate surface area is 146 Å². The molecule has 0 spiro atoms. The summed E-state index contributed by atoms with van der Waals surface area (Å²) in [6.45, 7) is 6.68. The zero-order chi connectivity index (χ0) is 17.0. The lowest BCUT2D eigenvalue weighted by Gasteiger charge is -2.17. The highest BCUT2D eigenvalue weighted by Gasteiger charge is 2.08. The summed E-state index contributed by atoms with van der Waals surface area (Å²) in [5.74, 6) is 0.997. The minimum absolute atomic E-state index is 0.262. The Morgan fingerprint density at radius 1 is 0.609 bits per heavy atom. The van der Waals surface area contributed by atoms with E-state index < -0.39 is 0 Å². The van der Waals surface area contributed by atoms with Crippen molar-refractivity contribution in [2.45, 2.75) is 110 Å². The molecule has 2 heteroatoms. The van der Waals surface area contributed by atoms with E-state index in [9.17, 15) is 0 Å². The van der Waals surface area contributed by atoms with E-state index in [4.69, 9.17) is 5.11 Å². The normalized spacial score (nSPS) is 11.5. The number of hydrogen-bond acceptors (Lipinski definition) is 2. The predicted octanol–water partition coefficient (Wildman–Crippen LogP) is 6.08. The van der Waals surface area contributed by atoms with E-state index in [2.05, 4.69) is 19.2 Å². The van der Waals surface area contributed by atoms with Crippen LogP contribution in [0.25, 0.3) is 0 Å². The monoisotopic (exact) mass is 327 g/mol. The van der Waals surface area contributed by atoms with Crippen molar-refractivity contribution in [3.05, 3.63) is 0 Å². The van der Waals surface area contributed by atoms with Crippen LogP contribution in [-0.4, -0.2) is 24.8 Å². The number of hydrogen-bond donors (Lipinski definition) is 2. The second kappa shape index (κ2) is 20.0. The molecule has 0 aromatic carbocycles. The molecule has 0 rings (SSSR count). The lowest BCUT2D eigenvalue weighted by Crippen LogP contribution is -2.19. The van der Waals surface area contributed by atoms with Crippen molar-refractivity contribution in [1.29, 1.82) is 0 Å². The Morgan fingerprint density at radius 2 is 1.09 bits per heavy atom. The molecule has 0 aliphatic heterocycles. The van der Waals surface area contributed by atoms with Crippen LogP contribution >= 0.6 is 0 Å². The van der Waals surface area contributed by atoms with E-state index in [1.165, 1.54) is 96.3 Å².